The molecule has 2 saturated heterocycles. The zero-order valence-electron chi connectivity index (χ0n) is 19.4. The van der Waals surface area contributed by atoms with Gasteiger partial charge in [-0.2, -0.15) is 0 Å². The lowest BCUT2D eigenvalue weighted by molar-refractivity contribution is -0.137. The van der Waals surface area contributed by atoms with Crippen LogP contribution >= 0.6 is 11.6 Å². The Bertz CT molecular complexity index is 944. The molecule has 1 amide bonds. The van der Waals surface area contributed by atoms with Crippen LogP contribution in [0.1, 0.15) is 31.2 Å². The standard InChI is InChI=1S/C25H33ClN6O/c1-29-12-14-30(15-13-29)22-8-9-23(28-27-22)31-16-18-32(19-17-31)24(33)25(10-2-3-11-25)20-4-6-21(26)7-5-20/h4-9H,2-3,10-19H2,1H3. The Labute approximate surface area is 201 Å². The SMILES string of the molecule is CN1CCN(c2ccc(N3CCN(C(=O)C4(c5ccc(Cl)cc5)CCCC4)CC3)nn2)CC1. The zero-order valence-corrected chi connectivity index (χ0v) is 20.2. The predicted molar refractivity (Wildman–Crippen MR) is 132 cm³/mol. The van der Waals surface area contributed by atoms with Gasteiger partial charge in [0.15, 0.2) is 11.6 Å². The van der Waals surface area contributed by atoms with Crippen molar-refractivity contribution >= 4 is 29.1 Å². The van der Waals surface area contributed by atoms with Crippen LogP contribution in [0.15, 0.2) is 36.4 Å². The summed E-state index contributed by atoms with van der Waals surface area (Å²) in [7, 11) is 2.15. The number of nitrogens with zero attached hydrogens (tertiary/aromatic N) is 6. The molecule has 0 bridgehead atoms. The fraction of sp³-hybridized carbons (Fsp3) is 0.560. The lowest BCUT2D eigenvalue weighted by Gasteiger charge is -2.40. The first kappa shape index (κ1) is 22.4. The molecule has 7 nitrogen and oxygen atoms in total. The van der Waals surface area contributed by atoms with Gasteiger partial charge in [0.1, 0.15) is 0 Å². The van der Waals surface area contributed by atoms with E-state index in [0.717, 1.165) is 95.2 Å². The minimum absolute atomic E-state index is 0.276. The molecule has 2 aromatic rings. The molecule has 3 aliphatic rings. The molecule has 8 heteroatoms. The minimum atomic E-state index is -0.392. The van der Waals surface area contributed by atoms with Crippen LogP contribution in [0.2, 0.25) is 5.02 Å². The third-order valence-corrected chi connectivity index (χ3v) is 7.87. The number of hydrogen-bond acceptors (Lipinski definition) is 6. The van der Waals surface area contributed by atoms with E-state index in [1.807, 2.05) is 24.3 Å². The molecule has 2 aliphatic heterocycles. The van der Waals surface area contributed by atoms with Crippen LogP contribution in [-0.4, -0.2) is 85.3 Å². The molecule has 1 aromatic heterocycles. The molecule has 1 saturated carbocycles. The van der Waals surface area contributed by atoms with Crippen molar-refractivity contribution < 1.29 is 4.79 Å². The summed E-state index contributed by atoms with van der Waals surface area (Å²) >= 11 is 6.11. The van der Waals surface area contributed by atoms with Crippen molar-refractivity contribution in [2.45, 2.75) is 31.1 Å². The summed E-state index contributed by atoms with van der Waals surface area (Å²) in [6.07, 6.45) is 4.05. The maximum absolute atomic E-state index is 13.7. The molecule has 0 unspecified atom stereocenters. The van der Waals surface area contributed by atoms with Gasteiger partial charge in [0.2, 0.25) is 5.91 Å². The average molecular weight is 469 g/mol. The van der Waals surface area contributed by atoms with Gasteiger partial charge in [-0.05, 0) is 49.7 Å². The third kappa shape index (κ3) is 4.53. The number of benzene rings is 1. The summed E-state index contributed by atoms with van der Waals surface area (Å²) in [4.78, 5) is 22.7. The van der Waals surface area contributed by atoms with E-state index in [1.165, 1.54) is 0 Å². The van der Waals surface area contributed by atoms with Crippen LogP contribution in [0.4, 0.5) is 11.6 Å². The Morgan fingerprint density at radius 3 is 1.82 bits per heavy atom. The van der Waals surface area contributed by atoms with Gasteiger partial charge in [-0.25, -0.2) is 0 Å². The first-order chi connectivity index (χ1) is 16.0. The van der Waals surface area contributed by atoms with Gasteiger partial charge in [0, 0.05) is 57.4 Å². The first-order valence-corrected chi connectivity index (χ1v) is 12.5. The summed E-state index contributed by atoms with van der Waals surface area (Å²) < 4.78 is 0. The average Bonchev–Trinajstić information content (AvgIpc) is 3.36. The van der Waals surface area contributed by atoms with Gasteiger partial charge < -0.3 is 19.6 Å². The molecule has 0 N–H and O–H groups in total. The number of carbonyl (C=O) groups is 1. The normalized spacial score (nSPS) is 21.5. The summed E-state index contributed by atoms with van der Waals surface area (Å²) in [5.74, 6) is 2.12. The molecular weight excluding hydrogens is 436 g/mol. The number of carbonyl (C=O) groups excluding carboxylic acids is 1. The summed E-state index contributed by atoms with van der Waals surface area (Å²) in [5.41, 5.74) is 0.721. The predicted octanol–water partition coefficient (Wildman–Crippen LogP) is 3.04. The molecule has 176 valence electrons. The summed E-state index contributed by atoms with van der Waals surface area (Å²) in [6, 6.07) is 12.1. The number of rotatable bonds is 4. The Morgan fingerprint density at radius 2 is 1.30 bits per heavy atom. The first-order valence-electron chi connectivity index (χ1n) is 12.1. The third-order valence-electron chi connectivity index (χ3n) is 7.62. The Morgan fingerprint density at radius 1 is 0.788 bits per heavy atom. The Hall–Kier alpha value is -2.38. The highest BCUT2D eigenvalue weighted by Gasteiger charge is 2.45. The van der Waals surface area contributed by atoms with E-state index < -0.39 is 5.41 Å². The van der Waals surface area contributed by atoms with Crippen molar-refractivity contribution in [1.82, 2.24) is 20.0 Å². The number of hydrogen-bond donors (Lipinski definition) is 0. The van der Waals surface area contributed by atoms with E-state index in [-0.39, 0.29) is 5.91 Å². The number of aromatic nitrogens is 2. The quantitative estimate of drug-likeness (QED) is 0.687. The smallest absolute Gasteiger partial charge is 0.233 e. The van der Waals surface area contributed by atoms with Crippen LogP contribution in [0.3, 0.4) is 0 Å². The number of amides is 1. The van der Waals surface area contributed by atoms with Crippen LogP contribution < -0.4 is 9.80 Å². The second kappa shape index (κ2) is 9.47. The molecule has 3 fully saturated rings. The number of halogens is 1. The van der Waals surface area contributed by atoms with E-state index in [2.05, 4.69) is 49.0 Å². The van der Waals surface area contributed by atoms with Gasteiger partial charge >= 0.3 is 0 Å². The van der Waals surface area contributed by atoms with Crippen LogP contribution in [0.25, 0.3) is 0 Å². The minimum Gasteiger partial charge on any atom is -0.353 e. The lowest BCUT2D eigenvalue weighted by Crippen LogP contribution is -2.54. The van der Waals surface area contributed by atoms with Gasteiger partial charge in [-0.15, -0.1) is 10.2 Å². The van der Waals surface area contributed by atoms with E-state index >= 15 is 0 Å². The lowest BCUT2D eigenvalue weighted by atomic mass is 9.77. The fourth-order valence-electron chi connectivity index (χ4n) is 5.51. The number of likely N-dealkylation sites (N-methyl/N-ethyl adjacent to an activating group) is 1. The van der Waals surface area contributed by atoms with E-state index in [9.17, 15) is 4.79 Å². The Kier molecular flexibility index (Phi) is 6.43. The van der Waals surface area contributed by atoms with E-state index in [0.29, 0.717) is 5.02 Å². The molecule has 1 aliphatic carbocycles. The highest BCUT2D eigenvalue weighted by Crippen LogP contribution is 2.43. The molecule has 0 atom stereocenters. The van der Waals surface area contributed by atoms with Crippen molar-refractivity contribution in [3.63, 3.8) is 0 Å². The highest BCUT2D eigenvalue weighted by atomic mass is 35.5. The second-order valence-electron chi connectivity index (χ2n) is 9.62. The topological polar surface area (TPSA) is 55.8 Å². The second-order valence-corrected chi connectivity index (χ2v) is 10.1. The van der Waals surface area contributed by atoms with Crippen LogP contribution in [-0.2, 0) is 10.2 Å². The van der Waals surface area contributed by atoms with Gasteiger partial charge in [0.05, 0.1) is 5.41 Å². The molecule has 5 rings (SSSR count). The molecule has 33 heavy (non-hydrogen) atoms. The van der Waals surface area contributed by atoms with Crippen molar-refractivity contribution in [2.75, 3.05) is 69.2 Å². The van der Waals surface area contributed by atoms with Crippen molar-refractivity contribution in [2.24, 2.45) is 0 Å². The number of anilines is 2. The van der Waals surface area contributed by atoms with Gasteiger partial charge in [-0.1, -0.05) is 36.6 Å². The maximum Gasteiger partial charge on any atom is 0.233 e. The largest absolute Gasteiger partial charge is 0.353 e. The zero-order chi connectivity index (χ0) is 22.8. The van der Waals surface area contributed by atoms with Crippen molar-refractivity contribution in [1.29, 1.82) is 0 Å². The highest BCUT2D eigenvalue weighted by molar-refractivity contribution is 6.30. The van der Waals surface area contributed by atoms with Crippen LogP contribution in [0, 0.1) is 0 Å². The van der Waals surface area contributed by atoms with Crippen LogP contribution in [0.5, 0.6) is 0 Å². The van der Waals surface area contributed by atoms with E-state index in [4.69, 9.17) is 11.6 Å². The molecule has 0 spiro atoms. The van der Waals surface area contributed by atoms with Crippen molar-refractivity contribution in [3.05, 3.63) is 47.0 Å². The molecule has 1 aromatic carbocycles. The fourth-order valence-corrected chi connectivity index (χ4v) is 5.63. The van der Waals surface area contributed by atoms with Gasteiger partial charge in [-0.3, -0.25) is 4.79 Å². The summed E-state index contributed by atoms with van der Waals surface area (Å²) in [5, 5.41) is 9.74. The maximum atomic E-state index is 13.7. The van der Waals surface area contributed by atoms with E-state index in [1.54, 1.807) is 0 Å². The Balaban J connectivity index is 1.22. The molecular formula is C25H33ClN6O. The monoisotopic (exact) mass is 468 g/mol. The summed E-state index contributed by atoms with van der Waals surface area (Å²) in [6.45, 7) is 7.08. The number of piperazine rings is 2. The van der Waals surface area contributed by atoms with Crippen molar-refractivity contribution in [3.8, 4) is 0 Å². The molecule has 0 radical (unpaired) electrons. The molecule has 3 heterocycles. The van der Waals surface area contributed by atoms with Gasteiger partial charge in [0.25, 0.3) is 0 Å².